The molecule has 2 N–H and O–H groups in total. The second-order valence-corrected chi connectivity index (χ2v) is 7.40. The lowest BCUT2D eigenvalue weighted by Crippen LogP contribution is -2.51. The van der Waals surface area contributed by atoms with E-state index in [1.54, 1.807) is 6.92 Å². The molecule has 3 rings (SSSR count). The standard InChI is InChI=1S/C15H26O3/c1-13-5-3-6-15(10-18-15)12(13)8-11(4-7-13)14(2,17)9-16/h11-12,16-17H,3-10H2,1-2H3/t11-,12-,13-,14+,15+/m1/s1. The predicted octanol–water partition coefficient (Wildman–Crippen LogP) is 2.11. The van der Waals surface area contributed by atoms with Crippen LogP contribution in [-0.4, -0.2) is 34.6 Å². The molecule has 1 saturated heterocycles. The Morgan fingerprint density at radius 2 is 2.06 bits per heavy atom. The van der Waals surface area contributed by atoms with Crippen molar-refractivity contribution in [2.75, 3.05) is 13.2 Å². The fraction of sp³-hybridized carbons (Fsp3) is 1.00. The Morgan fingerprint density at radius 3 is 2.67 bits per heavy atom. The molecule has 0 bridgehead atoms. The third-order valence-electron chi connectivity index (χ3n) is 6.12. The molecule has 0 aromatic carbocycles. The number of ether oxygens (including phenoxy) is 1. The van der Waals surface area contributed by atoms with E-state index in [0.717, 1.165) is 19.4 Å². The maximum Gasteiger partial charge on any atom is 0.0949 e. The molecule has 1 heterocycles. The van der Waals surface area contributed by atoms with E-state index in [2.05, 4.69) is 6.92 Å². The number of aliphatic hydroxyl groups is 2. The number of epoxide rings is 1. The van der Waals surface area contributed by atoms with Crippen LogP contribution in [0.15, 0.2) is 0 Å². The third-order valence-corrected chi connectivity index (χ3v) is 6.12. The molecule has 2 saturated carbocycles. The van der Waals surface area contributed by atoms with E-state index in [9.17, 15) is 10.2 Å². The number of fused-ring (bicyclic) bond motifs is 2. The Morgan fingerprint density at radius 1 is 1.33 bits per heavy atom. The normalized spacial score (nSPS) is 50.7. The lowest BCUT2D eigenvalue weighted by molar-refractivity contribution is -0.105. The molecular weight excluding hydrogens is 228 g/mol. The van der Waals surface area contributed by atoms with Crippen molar-refractivity contribution >= 4 is 0 Å². The van der Waals surface area contributed by atoms with Gasteiger partial charge in [0.2, 0.25) is 0 Å². The molecule has 3 heteroatoms. The topological polar surface area (TPSA) is 53.0 Å². The summed E-state index contributed by atoms with van der Waals surface area (Å²) in [4.78, 5) is 0. The minimum Gasteiger partial charge on any atom is -0.393 e. The van der Waals surface area contributed by atoms with Crippen molar-refractivity contribution < 1.29 is 14.9 Å². The molecule has 0 aromatic heterocycles. The highest BCUT2D eigenvalue weighted by molar-refractivity contribution is 5.10. The van der Waals surface area contributed by atoms with Gasteiger partial charge in [-0.05, 0) is 62.7 Å². The van der Waals surface area contributed by atoms with Crippen molar-refractivity contribution in [1.82, 2.24) is 0 Å². The highest BCUT2D eigenvalue weighted by Crippen LogP contribution is 2.61. The van der Waals surface area contributed by atoms with Crippen LogP contribution in [0.2, 0.25) is 0 Å². The van der Waals surface area contributed by atoms with Gasteiger partial charge in [0.25, 0.3) is 0 Å². The van der Waals surface area contributed by atoms with Crippen LogP contribution in [0.5, 0.6) is 0 Å². The van der Waals surface area contributed by atoms with E-state index < -0.39 is 5.60 Å². The lowest BCUT2D eigenvalue weighted by atomic mass is 9.53. The van der Waals surface area contributed by atoms with E-state index in [-0.39, 0.29) is 18.1 Å². The summed E-state index contributed by atoms with van der Waals surface area (Å²) in [5.74, 6) is 0.801. The van der Waals surface area contributed by atoms with Gasteiger partial charge >= 0.3 is 0 Å². The molecule has 0 aromatic rings. The van der Waals surface area contributed by atoms with Crippen LogP contribution in [0, 0.1) is 17.3 Å². The molecule has 104 valence electrons. The first-order valence-corrected chi connectivity index (χ1v) is 7.39. The fourth-order valence-electron chi connectivity index (χ4n) is 4.61. The van der Waals surface area contributed by atoms with Crippen molar-refractivity contribution in [3.05, 3.63) is 0 Å². The first-order valence-electron chi connectivity index (χ1n) is 7.39. The Hall–Kier alpha value is -0.120. The lowest BCUT2D eigenvalue weighted by Gasteiger charge is -2.52. The first-order chi connectivity index (χ1) is 8.42. The van der Waals surface area contributed by atoms with Crippen molar-refractivity contribution in [3.8, 4) is 0 Å². The van der Waals surface area contributed by atoms with Gasteiger partial charge in [-0.3, -0.25) is 0 Å². The van der Waals surface area contributed by atoms with Crippen molar-refractivity contribution in [1.29, 1.82) is 0 Å². The van der Waals surface area contributed by atoms with Crippen LogP contribution < -0.4 is 0 Å². The molecule has 5 atom stereocenters. The largest absolute Gasteiger partial charge is 0.393 e. The molecule has 3 fully saturated rings. The summed E-state index contributed by atoms with van der Waals surface area (Å²) in [7, 11) is 0. The first kappa shape index (κ1) is 12.9. The maximum atomic E-state index is 10.3. The zero-order valence-electron chi connectivity index (χ0n) is 11.6. The van der Waals surface area contributed by atoms with Gasteiger partial charge in [-0.1, -0.05) is 6.92 Å². The highest BCUT2D eigenvalue weighted by atomic mass is 16.6. The van der Waals surface area contributed by atoms with Gasteiger partial charge in [0, 0.05) is 0 Å². The SMILES string of the molecule is C[C@]12CCC[C@]3(CO3)[C@@H]1C[C@H]([C@@](C)(O)CO)CC2. The summed E-state index contributed by atoms with van der Waals surface area (Å²) in [5, 5.41) is 19.7. The molecule has 0 radical (unpaired) electrons. The van der Waals surface area contributed by atoms with Crippen molar-refractivity contribution in [3.63, 3.8) is 0 Å². The summed E-state index contributed by atoms with van der Waals surface area (Å²) in [6.07, 6.45) is 7.01. The number of rotatable bonds is 2. The summed E-state index contributed by atoms with van der Waals surface area (Å²) in [5.41, 5.74) is -0.386. The second kappa shape index (κ2) is 3.94. The maximum absolute atomic E-state index is 10.3. The molecule has 1 spiro atoms. The highest BCUT2D eigenvalue weighted by Gasteiger charge is 2.61. The van der Waals surface area contributed by atoms with Gasteiger partial charge < -0.3 is 14.9 Å². The third kappa shape index (κ3) is 1.83. The van der Waals surface area contributed by atoms with Gasteiger partial charge in [0.1, 0.15) is 0 Å². The van der Waals surface area contributed by atoms with Gasteiger partial charge in [-0.25, -0.2) is 0 Å². The molecule has 0 amide bonds. The average Bonchev–Trinajstić information content (AvgIpc) is 3.09. The van der Waals surface area contributed by atoms with E-state index in [4.69, 9.17) is 4.74 Å². The molecule has 3 aliphatic rings. The van der Waals surface area contributed by atoms with Crippen LogP contribution in [0.3, 0.4) is 0 Å². The monoisotopic (exact) mass is 254 g/mol. The van der Waals surface area contributed by atoms with Gasteiger partial charge in [0.05, 0.1) is 24.4 Å². The Balaban J connectivity index is 1.81. The van der Waals surface area contributed by atoms with E-state index in [1.165, 1.54) is 25.7 Å². The zero-order chi connectivity index (χ0) is 13.0. The fourth-order valence-corrected chi connectivity index (χ4v) is 4.61. The summed E-state index contributed by atoms with van der Waals surface area (Å²) in [6.45, 7) is 4.98. The smallest absolute Gasteiger partial charge is 0.0949 e. The number of hydrogen-bond acceptors (Lipinski definition) is 3. The van der Waals surface area contributed by atoms with Crippen LogP contribution in [0.25, 0.3) is 0 Å². The molecular formula is C15H26O3. The van der Waals surface area contributed by atoms with E-state index in [0.29, 0.717) is 11.3 Å². The van der Waals surface area contributed by atoms with Gasteiger partial charge in [-0.2, -0.15) is 0 Å². The Kier molecular flexibility index (Phi) is 2.82. The van der Waals surface area contributed by atoms with Gasteiger partial charge in [0.15, 0.2) is 0 Å². The van der Waals surface area contributed by atoms with Gasteiger partial charge in [-0.15, -0.1) is 0 Å². The zero-order valence-corrected chi connectivity index (χ0v) is 11.6. The molecule has 0 unspecified atom stereocenters. The van der Waals surface area contributed by atoms with Crippen LogP contribution in [0.1, 0.15) is 52.4 Å². The Bertz CT molecular complexity index is 335. The van der Waals surface area contributed by atoms with E-state index in [1.807, 2.05) is 0 Å². The minimum atomic E-state index is -0.922. The summed E-state index contributed by atoms with van der Waals surface area (Å²) in [6, 6.07) is 0. The molecule has 18 heavy (non-hydrogen) atoms. The molecule has 2 aliphatic carbocycles. The van der Waals surface area contributed by atoms with Crippen LogP contribution in [0.4, 0.5) is 0 Å². The predicted molar refractivity (Wildman–Crippen MR) is 69.2 cm³/mol. The van der Waals surface area contributed by atoms with Crippen LogP contribution >= 0.6 is 0 Å². The molecule has 3 nitrogen and oxygen atoms in total. The van der Waals surface area contributed by atoms with Crippen molar-refractivity contribution in [2.45, 2.75) is 63.6 Å². The second-order valence-electron chi connectivity index (χ2n) is 7.40. The van der Waals surface area contributed by atoms with Crippen LogP contribution in [-0.2, 0) is 4.74 Å². The quantitative estimate of drug-likeness (QED) is 0.742. The van der Waals surface area contributed by atoms with Crippen molar-refractivity contribution in [2.24, 2.45) is 17.3 Å². The average molecular weight is 254 g/mol. The Labute approximate surface area is 110 Å². The minimum absolute atomic E-state index is 0.130. The summed E-state index contributed by atoms with van der Waals surface area (Å²) < 4.78 is 5.82. The summed E-state index contributed by atoms with van der Waals surface area (Å²) >= 11 is 0. The molecule has 1 aliphatic heterocycles. The number of aliphatic hydroxyl groups excluding tert-OH is 1. The number of hydrogen-bond donors (Lipinski definition) is 2. The van der Waals surface area contributed by atoms with E-state index >= 15 is 0 Å².